The Bertz CT molecular complexity index is 463. The Hall–Kier alpha value is -1.14. The fraction of sp³-hybridized carbons (Fsp3) is 0.375. The summed E-state index contributed by atoms with van der Waals surface area (Å²) in [5, 5.41) is -0.0747. The third kappa shape index (κ3) is 2.02. The van der Waals surface area contributed by atoms with Gasteiger partial charge in [-0.15, -0.1) is 0 Å². The molecule has 0 aliphatic heterocycles. The van der Waals surface area contributed by atoms with E-state index in [-0.39, 0.29) is 5.03 Å². The van der Waals surface area contributed by atoms with Gasteiger partial charge in [0, 0.05) is 19.7 Å². The van der Waals surface area contributed by atoms with Crippen LogP contribution in [-0.4, -0.2) is 31.3 Å². The van der Waals surface area contributed by atoms with E-state index in [2.05, 4.69) is 4.98 Å². The fourth-order valence-corrected chi connectivity index (χ4v) is 2.07. The Morgan fingerprint density at radius 1 is 1.43 bits per heavy atom. The number of aromatic amines is 1. The number of H-pyrrole nitrogens is 1. The van der Waals surface area contributed by atoms with E-state index in [9.17, 15) is 13.2 Å². The van der Waals surface area contributed by atoms with E-state index in [1.165, 1.54) is 25.2 Å². The zero-order valence-corrected chi connectivity index (χ0v) is 8.84. The van der Waals surface area contributed by atoms with Crippen LogP contribution in [0.15, 0.2) is 28.0 Å². The molecule has 5 nitrogen and oxygen atoms in total. The third-order valence-electron chi connectivity index (χ3n) is 1.88. The molecule has 0 unspecified atom stereocenters. The summed E-state index contributed by atoms with van der Waals surface area (Å²) in [6.45, 7) is 2.08. The van der Waals surface area contributed by atoms with Crippen molar-refractivity contribution in [3.05, 3.63) is 28.6 Å². The Morgan fingerprint density at radius 3 is 2.57 bits per heavy atom. The summed E-state index contributed by atoms with van der Waals surface area (Å²) >= 11 is 0. The van der Waals surface area contributed by atoms with Crippen LogP contribution in [0.1, 0.15) is 6.92 Å². The molecule has 14 heavy (non-hydrogen) atoms. The van der Waals surface area contributed by atoms with Gasteiger partial charge in [-0.05, 0) is 6.07 Å². The number of hydrogen-bond donors (Lipinski definition) is 1. The highest BCUT2D eigenvalue weighted by Gasteiger charge is 2.19. The first-order valence-electron chi connectivity index (χ1n) is 4.14. The minimum absolute atomic E-state index is 0.0747. The van der Waals surface area contributed by atoms with Crippen molar-refractivity contribution in [2.45, 2.75) is 11.9 Å². The highest BCUT2D eigenvalue weighted by Crippen LogP contribution is 2.08. The summed E-state index contributed by atoms with van der Waals surface area (Å²) < 4.78 is 24.5. The molecular formula is C8H12N2O3S. The van der Waals surface area contributed by atoms with E-state index in [1.807, 2.05) is 0 Å². The lowest BCUT2D eigenvalue weighted by molar-refractivity contribution is 0.483. The van der Waals surface area contributed by atoms with Crippen LogP contribution in [0, 0.1) is 0 Å². The average Bonchev–Trinajstić information content (AvgIpc) is 2.16. The van der Waals surface area contributed by atoms with Crippen LogP contribution in [0.3, 0.4) is 0 Å². The monoisotopic (exact) mass is 216 g/mol. The van der Waals surface area contributed by atoms with E-state index < -0.39 is 15.6 Å². The van der Waals surface area contributed by atoms with Crippen molar-refractivity contribution in [1.82, 2.24) is 9.29 Å². The highest BCUT2D eigenvalue weighted by molar-refractivity contribution is 7.89. The molecule has 0 aromatic carbocycles. The average molecular weight is 216 g/mol. The summed E-state index contributed by atoms with van der Waals surface area (Å²) in [6.07, 6.45) is 0. The number of nitrogens with zero attached hydrogens (tertiary/aromatic N) is 1. The van der Waals surface area contributed by atoms with Gasteiger partial charge in [0.15, 0.2) is 5.03 Å². The molecule has 78 valence electrons. The maximum atomic E-state index is 11.7. The second kappa shape index (κ2) is 3.93. The van der Waals surface area contributed by atoms with Crippen LogP contribution in [0.4, 0.5) is 0 Å². The molecule has 1 N–H and O–H groups in total. The zero-order chi connectivity index (χ0) is 10.8. The number of rotatable bonds is 3. The van der Waals surface area contributed by atoms with Gasteiger partial charge in [-0.25, -0.2) is 8.42 Å². The largest absolute Gasteiger partial charge is 0.312 e. The Morgan fingerprint density at radius 2 is 2.07 bits per heavy atom. The minimum atomic E-state index is -3.53. The first-order chi connectivity index (χ1) is 6.48. The maximum Gasteiger partial charge on any atom is 0.258 e. The number of hydrogen-bond acceptors (Lipinski definition) is 3. The zero-order valence-electron chi connectivity index (χ0n) is 8.02. The van der Waals surface area contributed by atoms with Crippen molar-refractivity contribution >= 4 is 10.0 Å². The topological polar surface area (TPSA) is 70.2 Å². The molecule has 6 heteroatoms. The van der Waals surface area contributed by atoms with Crippen molar-refractivity contribution in [3.8, 4) is 0 Å². The molecule has 0 fully saturated rings. The predicted molar refractivity (Wildman–Crippen MR) is 52.6 cm³/mol. The lowest BCUT2D eigenvalue weighted by atomic mass is 10.5. The number of pyridine rings is 1. The standard InChI is InChI=1S/C8H12N2O3S/c1-3-10(2)14(12,13)8-6-4-5-7(11)9-8/h4-6H,3H2,1-2H3,(H,9,11). The van der Waals surface area contributed by atoms with E-state index in [1.54, 1.807) is 6.92 Å². The normalized spacial score (nSPS) is 11.9. The molecule has 1 aromatic heterocycles. The van der Waals surface area contributed by atoms with Crippen molar-refractivity contribution in [2.24, 2.45) is 0 Å². The molecule has 0 aliphatic rings. The second-order valence-electron chi connectivity index (χ2n) is 2.80. The van der Waals surface area contributed by atoms with Crippen LogP contribution >= 0.6 is 0 Å². The number of sulfonamides is 1. The van der Waals surface area contributed by atoms with Gasteiger partial charge in [0.25, 0.3) is 10.0 Å². The predicted octanol–water partition coefficient (Wildman–Crippen LogP) is 0.0153. The number of aromatic nitrogens is 1. The SMILES string of the molecule is CCN(C)S(=O)(=O)c1cccc(=O)[nH]1. The van der Waals surface area contributed by atoms with Crippen LogP contribution in [-0.2, 0) is 10.0 Å². The van der Waals surface area contributed by atoms with E-state index in [0.29, 0.717) is 6.54 Å². The molecule has 0 atom stereocenters. The van der Waals surface area contributed by atoms with Crippen molar-refractivity contribution in [3.63, 3.8) is 0 Å². The van der Waals surface area contributed by atoms with Crippen molar-refractivity contribution < 1.29 is 8.42 Å². The fourth-order valence-electron chi connectivity index (χ4n) is 0.916. The van der Waals surface area contributed by atoms with E-state index in [0.717, 1.165) is 4.31 Å². The Balaban J connectivity index is 3.24. The van der Waals surface area contributed by atoms with Crippen molar-refractivity contribution in [1.29, 1.82) is 0 Å². The molecule has 0 saturated carbocycles. The second-order valence-corrected chi connectivity index (χ2v) is 4.81. The molecule has 0 bridgehead atoms. The molecule has 0 aliphatic carbocycles. The van der Waals surface area contributed by atoms with Crippen LogP contribution in [0.5, 0.6) is 0 Å². The summed E-state index contributed by atoms with van der Waals surface area (Å²) in [4.78, 5) is 13.2. The van der Waals surface area contributed by atoms with Crippen LogP contribution in [0.25, 0.3) is 0 Å². The molecule has 0 amide bonds. The lowest BCUT2D eigenvalue weighted by Gasteiger charge is -2.13. The van der Waals surface area contributed by atoms with Crippen LogP contribution < -0.4 is 5.56 Å². The van der Waals surface area contributed by atoms with E-state index in [4.69, 9.17) is 0 Å². The maximum absolute atomic E-state index is 11.7. The van der Waals surface area contributed by atoms with Gasteiger partial charge < -0.3 is 4.98 Å². The van der Waals surface area contributed by atoms with Gasteiger partial charge >= 0.3 is 0 Å². The molecule has 1 heterocycles. The summed E-state index contributed by atoms with van der Waals surface area (Å²) in [5.74, 6) is 0. The van der Waals surface area contributed by atoms with Crippen molar-refractivity contribution in [2.75, 3.05) is 13.6 Å². The Kier molecular flexibility index (Phi) is 3.07. The minimum Gasteiger partial charge on any atom is -0.312 e. The number of nitrogens with one attached hydrogen (secondary N) is 1. The van der Waals surface area contributed by atoms with Gasteiger partial charge in [0.05, 0.1) is 0 Å². The molecule has 0 saturated heterocycles. The van der Waals surface area contributed by atoms with Gasteiger partial charge in [-0.2, -0.15) is 4.31 Å². The quantitative estimate of drug-likeness (QED) is 0.774. The smallest absolute Gasteiger partial charge is 0.258 e. The lowest BCUT2D eigenvalue weighted by Crippen LogP contribution is -2.28. The first kappa shape index (κ1) is 10.9. The van der Waals surface area contributed by atoms with Gasteiger partial charge in [-0.1, -0.05) is 13.0 Å². The van der Waals surface area contributed by atoms with Gasteiger partial charge in [0.2, 0.25) is 5.56 Å². The highest BCUT2D eigenvalue weighted by atomic mass is 32.2. The molecular weight excluding hydrogens is 204 g/mol. The first-order valence-corrected chi connectivity index (χ1v) is 5.58. The summed E-state index contributed by atoms with van der Waals surface area (Å²) in [7, 11) is -2.07. The third-order valence-corrected chi connectivity index (χ3v) is 3.75. The molecule has 1 aromatic rings. The molecule has 1 rings (SSSR count). The summed E-state index contributed by atoms with van der Waals surface area (Å²) in [6, 6.07) is 4.04. The molecule has 0 spiro atoms. The van der Waals surface area contributed by atoms with Crippen LogP contribution in [0.2, 0.25) is 0 Å². The van der Waals surface area contributed by atoms with E-state index >= 15 is 0 Å². The molecule has 0 radical (unpaired) electrons. The summed E-state index contributed by atoms with van der Waals surface area (Å²) in [5.41, 5.74) is -0.421. The Labute approximate surface area is 82.4 Å². The van der Waals surface area contributed by atoms with Gasteiger partial charge in [-0.3, -0.25) is 4.79 Å². The van der Waals surface area contributed by atoms with Gasteiger partial charge in [0.1, 0.15) is 0 Å².